The number of nitrogens with zero attached hydrogens (tertiary/aromatic N) is 1. The first-order valence-electron chi connectivity index (χ1n) is 4.45. The minimum atomic E-state index is -0.335. The number of halogens is 1. The molecule has 1 aromatic rings. The second kappa shape index (κ2) is 3.37. The molecule has 14 heavy (non-hydrogen) atoms. The van der Waals surface area contributed by atoms with Gasteiger partial charge in [0.1, 0.15) is 6.04 Å². The molecule has 1 amide bonds. The van der Waals surface area contributed by atoms with E-state index in [9.17, 15) is 4.79 Å². The Morgan fingerprint density at radius 1 is 1.36 bits per heavy atom. The molecule has 2 rings (SSSR count). The molecule has 74 valence electrons. The predicted octanol–water partition coefficient (Wildman–Crippen LogP) is 1.51. The average Bonchev–Trinajstić information content (AvgIpc) is 2.21. The van der Waals surface area contributed by atoms with Crippen LogP contribution < -0.4 is 10.6 Å². The fourth-order valence-electron chi connectivity index (χ4n) is 1.61. The Bertz CT molecular complexity index is 363. The average molecular weight is 255 g/mol. The van der Waals surface area contributed by atoms with Gasteiger partial charge in [0.2, 0.25) is 5.91 Å². The van der Waals surface area contributed by atoms with Crippen LogP contribution in [0.3, 0.4) is 0 Å². The molecular weight excluding hydrogens is 244 g/mol. The summed E-state index contributed by atoms with van der Waals surface area (Å²) in [5.41, 5.74) is 6.53. The molecule has 4 heteroatoms. The Balaban J connectivity index is 2.25. The Labute approximate surface area is 91.0 Å². The molecule has 2 N–H and O–H groups in total. The SMILES string of the molecule is C[C@@H]1[C@H](N)C(=O)N1c1ccc(Br)cc1. The molecule has 0 aromatic heterocycles. The van der Waals surface area contributed by atoms with Gasteiger partial charge in [0, 0.05) is 10.2 Å². The number of anilines is 1. The van der Waals surface area contributed by atoms with E-state index in [2.05, 4.69) is 15.9 Å². The second-order valence-electron chi connectivity index (χ2n) is 3.45. The van der Waals surface area contributed by atoms with Crippen LogP contribution in [0.25, 0.3) is 0 Å². The van der Waals surface area contributed by atoms with Crippen molar-refractivity contribution in [2.24, 2.45) is 5.73 Å². The van der Waals surface area contributed by atoms with Crippen molar-refractivity contribution in [3.63, 3.8) is 0 Å². The van der Waals surface area contributed by atoms with E-state index in [0.717, 1.165) is 10.2 Å². The third-order valence-electron chi connectivity index (χ3n) is 2.55. The highest BCUT2D eigenvalue weighted by Gasteiger charge is 2.42. The summed E-state index contributed by atoms with van der Waals surface area (Å²) < 4.78 is 1.01. The Hall–Kier alpha value is -0.870. The van der Waals surface area contributed by atoms with Crippen LogP contribution in [0.2, 0.25) is 0 Å². The summed E-state index contributed by atoms with van der Waals surface area (Å²) in [5.74, 6) is -0.000164. The lowest BCUT2D eigenvalue weighted by Gasteiger charge is -2.43. The van der Waals surface area contributed by atoms with Gasteiger partial charge in [-0.25, -0.2) is 0 Å². The number of carbonyl (C=O) groups excluding carboxylic acids is 1. The molecule has 1 saturated heterocycles. The number of hydrogen-bond acceptors (Lipinski definition) is 2. The molecule has 1 aliphatic rings. The lowest BCUT2D eigenvalue weighted by Crippen LogP contribution is -2.67. The fraction of sp³-hybridized carbons (Fsp3) is 0.300. The van der Waals surface area contributed by atoms with Crippen LogP contribution in [-0.2, 0) is 4.79 Å². The topological polar surface area (TPSA) is 46.3 Å². The highest BCUT2D eigenvalue weighted by atomic mass is 79.9. The maximum Gasteiger partial charge on any atom is 0.246 e. The van der Waals surface area contributed by atoms with E-state index in [4.69, 9.17) is 5.73 Å². The molecule has 0 unspecified atom stereocenters. The zero-order valence-corrected chi connectivity index (χ0v) is 9.36. The highest BCUT2D eigenvalue weighted by Crippen LogP contribution is 2.27. The Kier molecular flexibility index (Phi) is 2.33. The van der Waals surface area contributed by atoms with Crippen molar-refractivity contribution in [2.45, 2.75) is 19.0 Å². The van der Waals surface area contributed by atoms with Gasteiger partial charge >= 0.3 is 0 Å². The van der Waals surface area contributed by atoms with E-state index in [-0.39, 0.29) is 18.0 Å². The van der Waals surface area contributed by atoms with Gasteiger partial charge in [-0.1, -0.05) is 15.9 Å². The quantitative estimate of drug-likeness (QED) is 0.773. The molecule has 0 aliphatic carbocycles. The Morgan fingerprint density at radius 2 is 1.93 bits per heavy atom. The lowest BCUT2D eigenvalue weighted by atomic mass is 9.97. The zero-order valence-electron chi connectivity index (χ0n) is 7.77. The van der Waals surface area contributed by atoms with Crippen LogP contribution in [0, 0.1) is 0 Å². The van der Waals surface area contributed by atoms with Crippen LogP contribution in [0.4, 0.5) is 5.69 Å². The standard InChI is InChI=1S/C10H11BrN2O/c1-6-9(12)10(14)13(6)8-4-2-7(11)3-5-8/h2-6,9H,12H2,1H3/t6-,9+/m1/s1. The first kappa shape index (κ1) is 9.68. The number of rotatable bonds is 1. The van der Waals surface area contributed by atoms with E-state index in [1.807, 2.05) is 31.2 Å². The molecule has 2 atom stereocenters. The van der Waals surface area contributed by atoms with Crippen molar-refractivity contribution >= 4 is 27.5 Å². The molecule has 1 aromatic carbocycles. The summed E-state index contributed by atoms with van der Waals surface area (Å²) >= 11 is 3.35. The summed E-state index contributed by atoms with van der Waals surface area (Å²) in [6.07, 6.45) is 0. The van der Waals surface area contributed by atoms with Crippen molar-refractivity contribution in [1.82, 2.24) is 0 Å². The number of benzene rings is 1. The largest absolute Gasteiger partial charge is 0.318 e. The van der Waals surface area contributed by atoms with Gasteiger partial charge < -0.3 is 10.6 Å². The molecule has 1 aliphatic heterocycles. The monoisotopic (exact) mass is 254 g/mol. The van der Waals surface area contributed by atoms with Crippen molar-refractivity contribution in [1.29, 1.82) is 0 Å². The lowest BCUT2D eigenvalue weighted by molar-refractivity contribution is -0.125. The maximum atomic E-state index is 11.4. The molecular formula is C10H11BrN2O. The number of amides is 1. The molecule has 0 bridgehead atoms. The summed E-state index contributed by atoms with van der Waals surface area (Å²) in [5, 5.41) is 0. The number of hydrogen-bond donors (Lipinski definition) is 1. The second-order valence-corrected chi connectivity index (χ2v) is 4.37. The van der Waals surface area contributed by atoms with Crippen LogP contribution in [-0.4, -0.2) is 18.0 Å². The van der Waals surface area contributed by atoms with Crippen molar-refractivity contribution in [3.05, 3.63) is 28.7 Å². The maximum absolute atomic E-state index is 11.4. The zero-order chi connectivity index (χ0) is 10.3. The van der Waals surface area contributed by atoms with Crippen LogP contribution in [0.1, 0.15) is 6.92 Å². The van der Waals surface area contributed by atoms with Gasteiger partial charge in [-0.2, -0.15) is 0 Å². The normalized spacial score (nSPS) is 26.2. The Morgan fingerprint density at radius 3 is 2.43 bits per heavy atom. The summed E-state index contributed by atoms with van der Waals surface area (Å²) in [6.45, 7) is 1.95. The number of nitrogens with two attached hydrogens (primary N) is 1. The molecule has 3 nitrogen and oxygen atoms in total. The summed E-state index contributed by atoms with van der Waals surface area (Å²) in [4.78, 5) is 13.2. The molecule has 0 spiro atoms. The highest BCUT2D eigenvalue weighted by molar-refractivity contribution is 9.10. The van der Waals surface area contributed by atoms with Crippen molar-refractivity contribution in [3.8, 4) is 0 Å². The first-order valence-corrected chi connectivity index (χ1v) is 5.25. The van der Waals surface area contributed by atoms with E-state index < -0.39 is 0 Å². The van der Waals surface area contributed by atoms with Gasteiger partial charge in [0.25, 0.3) is 0 Å². The first-order chi connectivity index (χ1) is 6.61. The van der Waals surface area contributed by atoms with Gasteiger partial charge in [0.15, 0.2) is 0 Å². The van der Waals surface area contributed by atoms with E-state index in [1.54, 1.807) is 4.90 Å². The van der Waals surface area contributed by atoms with Crippen LogP contribution in [0.5, 0.6) is 0 Å². The van der Waals surface area contributed by atoms with Crippen LogP contribution >= 0.6 is 15.9 Å². The molecule has 1 heterocycles. The smallest absolute Gasteiger partial charge is 0.246 e. The third-order valence-corrected chi connectivity index (χ3v) is 3.08. The van der Waals surface area contributed by atoms with E-state index in [0.29, 0.717) is 0 Å². The molecule has 0 radical (unpaired) electrons. The third kappa shape index (κ3) is 1.35. The van der Waals surface area contributed by atoms with Gasteiger partial charge in [-0.15, -0.1) is 0 Å². The predicted molar refractivity (Wildman–Crippen MR) is 59.1 cm³/mol. The minimum absolute atomic E-state index is 0.000164. The van der Waals surface area contributed by atoms with Gasteiger partial charge in [-0.3, -0.25) is 4.79 Å². The van der Waals surface area contributed by atoms with Crippen LogP contribution in [0.15, 0.2) is 28.7 Å². The molecule has 1 fully saturated rings. The summed E-state index contributed by atoms with van der Waals surface area (Å²) in [7, 11) is 0. The van der Waals surface area contributed by atoms with E-state index >= 15 is 0 Å². The number of carbonyl (C=O) groups is 1. The van der Waals surface area contributed by atoms with Gasteiger partial charge in [0.05, 0.1) is 6.04 Å². The fourth-order valence-corrected chi connectivity index (χ4v) is 1.87. The minimum Gasteiger partial charge on any atom is -0.318 e. The van der Waals surface area contributed by atoms with Gasteiger partial charge in [-0.05, 0) is 31.2 Å². The van der Waals surface area contributed by atoms with Crippen molar-refractivity contribution in [2.75, 3.05) is 4.90 Å². The number of β-lactam (4-membered cyclic amide) rings is 1. The van der Waals surface area contributed by atoms with E-state index in [1.165, 1.54) is 0 Å². The van der Waals surface area contributed by atoms with Crippen molar-refractivity contribution < 1.29 is 4.79 Å². The molecule has 0 saturated carbocycles. The summed E-state index contributed by atoms with van der Waals surface area (Å²) in [6, 6.07) is 7.41.